The van der Waals surface area contributed by atoms with Crippen LogP contribution in [0.3, 0.4) is 0 Å². The summed E-state index contributed by atoms with van der Waals surface area (Å²) >= 11 is 0. The van der Waals surface area contributed by atoms with Crippen LogP contribution in [0.25, 0.3) is 16.8 Å². The Kier molecular flexibility index (Phi) is 3.56. The molecule has 134 valence electrons. The van der Waals surface area contributed by atoms with Crippen LogP contribution in [-0.4, -0.2) is 58.8 Å². The summed E-state index contributed by atoms with van der Waals surface area (Å²) in [4.78, 5) is 9.42. The minimum atomic E-state index is -0.302. The summed E-state index contributed by atoms with van der Waals surface area (Å²) in [6, 6.07) is 7.24. The van der Waals surface area contributed by atoms with Gasteiger partial charge in [0.25, 0.3) is 0 Å². The Balaban J connectivity index is 1.69. The molecule has 0 N–H and O–H groups in total. The van der Waals surface area contributed by atoms with Gasteiger partial charge in [-0.1, -0.05) is 0 Å². The van der Waals surface area contributed by atoms with Gasteiger partial charge in [0.2, 0.25) is 0 Å². The van der Waals surface area contributed by atoms with Crippen LogP contribution in [0.1, 0.15) is 6.42 Å². The molecule has 0 aliphatic carbocycles. The van der Waals surface area contributed by atoms with Crippen molar-refractivity contribution in [2.75, 3.05) is 38.2 Å². The predicted octanol–water partition coefficient (Wildman–Crippen LogP) is 2.44. The molecular weight excluding hydrogens is 333 g/mol. The number of benzene rings is 1. The number of halogens is 1. The number of aromatic nitrogens is 3. The van der Waals surface area contributed by atoms with E-state index in [9.17, 15) is 4.39 Å². The largest absolute Gasteiger partial charge is 0.492 e. The summed E-state index contributed by atoms with van der Waals surface area (Å²) in [7, 11) is 2.08. The highest BCUT2D eigenvalue weighted by Gasteiger charge is 2.27. The van der Waals surface area contributed by atoms with Crippen LogP contribution in [-0.2, 0) is 0 Å². The van der Waals surface area contributed by atoms with Crippen LogP contribution in [0.5, 0.6) is 5.75 Å². The highest BCUT2D eigenvalue weighted by molar-refractivity contribution is 5.79. The smallest absolute Gasteiger partial charge is 0.165 e. The van der Waals surface area contributed by atoms with Crippen molar-refractivity contribution < 1.29 is 9.13 Å². The van der Waals surface area contributed by atoms with Gasteiger partial charge in [0, 0.05) is 50.0 Å². The number of likely N-dealkylation sites (N-methyl/N-ethyl adjacent to an activating group) is 1. The first-order valence-electron chi connectivity index (χ1n) is 8.91. The summed E-state index contributed by atoms with van der Waals surface area (Å²) in [5.41, 5.74) is 1.79. The molecule has 3 aromatic rings. The second-order valence-corrected chi connectivity index (χ2v) is 6.96. The summed E-state index contributed by atoms with van der Waals surface area (Å²) in [5, 5.41) is 4.34. The van der Waals surface area contributed by atoms with Crippen molar-refractivity contribution in [2.45, 2.75) is 12.5 Å². The molecule has 2 aromatic heterocycles. The summed E-state index contributed by atoms with van der Waals surface area (Å²) in [6.07, 6.45) is 4.64. The molecule has 2 atom stereocenters. The Labute approximate surface area is 150 Å². The highest BCUT2D eigenvalue weighted by Crippen LogP contribution is 2.31. The molecule has 6 nitrogen and oxygen atoms in total. The number of hydrogen-bond acceptors (Lipinski definition) is 5. The van der Waals surface area contributed by atoms with Gasteiger partial charge in [-0.3, -0.25) is 4.90 Å². The van der Waals surface area contributed by atoms with Crippen LogP contribution >= 0.6 is 0 Å². The quantitative estimate of drug-likeness (QED) is 0.621. The standard InChI is InChI=1S/C19H20FN5O/c1-23-13-4-6-24(12-13)8-9-26-14-2-3-17(20)15(10-14)16-11-21-25-7-5-18(23)22-19(16)25/h2-3,5,7,10-11,13H,4,6,8-9,12H2,1H3. The second-order valence-electron chi connectivity index (χ2n) is 6.96. The van der Waals surface area contributed by atoms with Gasteiger partial charge in [0.05, 0.1) is 6.20 Å². The number of nitrogens with zero attached hydrogens (tertiary/aromatic N) is 5. The van der Waals surface area contributed by atoms with Gasteiger partial charge >= 0.3 is 0 Å². The van der Waals surface area contributed by atoms with Gasteiger partial charge < -0.3 is 9.64 Å². The van der Waals surface area contributed by atoms with E-state index in [0.717, 1.165) is 31.9 Å². The first kappa shape index (κ1) is 15.6. The molecule has 0 saturated carbocycles. The molecule has 1 aromatic carbocycles. The molecule has 0 spiro atoms. The third kappa shape index (κ3) is 2.50. The molecule has 1 saturated heterocycles. The van der Waals surface area contributed by atoms with Crippen molar-refractivity contribution >= 4 is 11.5 Å². The number of ether oxygens (including phenoxy) is 1. The predicted molar refractivity (Wildman–Crippen MR) is 97.1 cm³/mol. The molecular formula is C19H20FN5O. The second kappa shape index (κ2) is 5.95. The van der Waals surface area contributed by atoms with Gasteiger partial charge in [0.15, 0.2) is 5.65 Å². The van der Waals surface area contributed by atoms with Crippen molar-refractivity contribution in [2.24, 2.45) is 0 Å². The zero-order valence-electron chi connectivity index (χ0n) is 14.6. The van der Waals surface area contributed by atoms with E-state index in [-0.39, 0.29) is 5.82 Å². The molecule has 1 fully saturated rings. The molecule has 0 amide bonds. The van der Waals surface area contributed by atoms with E-state index in [4.69, 9.17) is 9.72 Å². The maximum absolute atomic E-state index is 14.5. The molecule has 0 radical (unpaired) electrons. The van der Waals surface area contributed by atoms with Crippen molar-refractivity contribution in [1.82, 2.24) is 19.5 Å². The third-order valence-corrected chi connectivity index (χ3v) is 5.42. The van der Waals surface area contributed by atoms with Crippen LogP contribution in [0.15, 0.2) is 36.7 Å². The maximum Gasteiger partial charge on any atom is 0.165 e. The van der Waals surface area contributed by atoms with Gasteiger partial charge in [-0.2, -0.15) is 5.10 Å². The molecule has 6 bridgehead atoms. The van der Waals surface area contributed by atoms with Crippen LogP contribution in [0.4, 0.5) is 10.2 Å². The Morgan fingerprint density at radius 1 is 1.19 bits per heavy atom. The Hall–Kier alpha value is -2.67. The van der Waals surface area contributed by atoms with Crippen molar-refractivity contribution in [1.29, 1.82) is 0 Å². The van der Waals surface area contributed by atoms with Crippen LogP contribution in [0.2, 0.25) is 0 Å². The lowest BCUT2D eigenvalue weighted by molar-refractivity contribution is 0.236. The van der Waals surface area contributed by atoms with E-state index in [0.29, 0.717) is 35.2 Å². The molecule has 26 heavy (non-hydrogen) atoms. The molecule has 5 rings (SSSR count). The fourth-order valence-corrected chi connectivity index (χ4v) is 3.86. The number of anilines is 1. The average Bonchev–Trinajstić information content (AvgIpc) is 3.28. The van der Waals surface area contributed by atoms with Gasteiger partial charge in [0.1, 0.15) is 24.0 Å². The van der Waals surface area contributed by atoms with E-state index in [1.165, 1.54) is 6.07 Å². The maximum atomic E-state index is 14.5. The van der Waals surface area contributed by atoms with Gasteiger partial charge in [-0.15, -0.1) is 0 Å². The lowest BCUT2D eigenvalue weighted by Crippen LogP contribution is -2.36. The number of hydrogen-bond donors (Lipinski definition) is 0. The topological polar surface area (TPSA) is 45.9 Å². The van der Waals surface area contributed by atoms with E-state index < -0.39 is 0 Å². The normalized spacial score (nSPS) is 22.5. The van der Waals surface area contributed by atoms with E-state index >= 15 is 0 Å². The van der Waals surface area contributed by atoms with Crippen LogP contribution < -0.4 is 9.64 Å². The lowest BCUT2D eigenvalue weighted by atomic mass is 10.1. The van der Waals surface area contributed by atoms with Gasteiger partial charge in [-0.05, 0) is 30.7 Å². The minimum absolute atomic E-state index is 0.302. The van der Waals surface area contributed by atoms with E-state index in [1.807, 2.05) is 12.3 Å². The third-order valence-electron chi connectivity index (χ3n) is 5.42. The zero-order chi connectivity index (χ0) is 17.7. The number of fused-ring (bicyclic) bond motifs is 6. The van der Waals surface area contributed by atoms with Gasteiger partial charge in [-0.25, -0.2) is 13.9 Å². The SMILES string of the molecule is CN1c2ccn3ncc(c3n2)-c2cc(ccc2F)OCCN2CCC1C2. The van der Waals surface area contributed by atoms with E-state index in [2.05, 4.69) is 21.9 Å². The molecule has 4 heterocycles. The first-order valence-corrected chi connectivity index (χ1v) is 8.91. The fourth-order valence-electron chi connectivity index (χ4n) is 3.86. The van der Waals surface area contributed by atoms with Crippen molar-refractivity contribution in [3.8, 4) is 16.9 Å². The van der Waals surface area contributed by atoms with Crippen molar-refractivity contribution in [3.63, 3.8) is 0 Å². The summed E-state index contributed by atoms with van der Waals surface area (Å²) in [5.74, 6) is 1.25. The minimum Gasteiger partial charge on any atom is -0.492 e. The molecule has 2 unspecified atom stereocenters. The Morgan fingerprint density at radius 3 is 3.04 bits per heavy atom. The lowest BCUT2D eigenvalue weighted by Gasteiger charge is -2.26. The zero-order valence-corrected chi connectivity index (χ0v) is 14.6. The summed E-state index contributed by atoms with van der Waals surface area (Å²) < 4.78 is 22.1. The van der Waals surface area contributed by atoms with E-state index in [1.54, 1.807) is 22.8 Å². The molecule has 2 aliphatic rings. The summed E-state index contributed by atoms with van der Waals surface area (Å²) in [6.45, 7) is 3.50. The van der Waals surface area contributed by atoms with Crippen molar-refractivity contribution in [3.05, 3.63) is 42.5 Å². The Morgan fingerprint density at radius 2 is 2.12 bits per heavy atom. The average molecular weight is 353 g/mol. The number of rotatable bonds is 0. The fraction of sp³-hybridized carbons (Fsp3) is 0.368. The monoisotopic (exact) mass is 353 g/mol. The molecule has 2 aliphatic heterocycles. The Bertz CT molecular complexity index is 972. The molecule has 7 heteroatoms. The highest BCUT2D eigenvalue weighted by atomic mass is 19.1. The first-order chi connectivity index (χ1) is 12.7. The van der Waals surface area contributed by atoms with Crippen LogP contribution in [0, 0.1) is 5.82 Å².